The second kappa shape index (κ2) is 9.11. The molecule has 0 radical (unpaired) electrons. The number of amides is 1. The average Bonchev–Trinajstić information content (AvgIpc) is 3.43. The number of furan rings is 1. The third-order valence-electron chi connectivity index (χ3n) is 6.13. The van der Waals surface area contributed by atoms with Gasteiger partial charge in [0, 0.05) is 39.1 Å². The van der Waals surface area contributed by atoms with E-state index in [0.717, 1.165) is 45.4 Å². The average molecular weight is 402 g/mol. The van der Waals surface area contributed by atoms with E-state index in [4.69, 9.17) is 9.15 Å². The van der Waals surface area contributed by atoms with Crippen LogP contribution in [0.2, 0.25) is 0 Å². The van der Waals surface area contributed by atoms with Crippen LogP contribution >= 0.6 is 0 Å². The van der Waals surface area contributed by atoms with E-state index < -0.39 is 6.10 Å². The van der Waals surface area contributed by atoms with Crippen molar-refractivity contribution in [3.8, 4) is 0 Å². The van der Waals surface area contributed by atoms with Crippen molar-refractivity contribution < 1.29 is 19.1 Å². The summed E-state index contributed by atoms with van der Waals surface area (Å²) >= 11 is 0. The lowest BCUT2D eigenvalue weighted by Gasteiger charge is -2.35. The molecule has 2 aromatic heterocycles. The first-order valence-corrected chi connectivity index (χ1v) is 10.4. The molecule has 0 unspecified atom stereocenters. The number of carbonyl (C=O) groups is 1. The van der Waals surface area contributed by atoms with Crippen molar-refractivity contribution in [3.05, 3.63) is 42.1 Å². The van der Waals surface area contributed by atoms with Gasteiger partial charge in [0.2, 0.25) is 0 Å². The quantitative estimate of drug-likeness (QED) is 0.695. The van der Waals surface area contributed by atoms with Crippen LogP contribution in [0.15, 0.2) is 35.0 Å². The molecule has 4 rings (SSSR count). The number of hydrogen-bond donors (Lipinski definition) is 2. The predicted molar refractivity (Wildman–Crippen MR) is 106 cm³/mol. The molecule has 1 amide bonds. The second-order valence-electron chi connectivity index (χ2n) is 8.22. The predicted octanol–water partition coefficient (Wildman–Crippen LogP) is 1.51. The normalized spacial score (nSPS) is 27.1. The summed E-state index contributed by atoms with van der Waals surface area (Å²) in [6.07, 6.45) is 5.88. The minimum Gasteiger partial charge on any atom is -0.453 e. The lowest BCUT2D eigenvalue weighted by atomic mass is 9.77. The smallest absolute Gasteiger partial charge is 0.287 e. The van der Waals surface area contributed by atoms with Gasteiger partial charge in [-0.3, -0.25) is 9.48 Å². The summed E-state index contributed by atoms with van der Waals surface area (Å²) in [5.74, 6) is 1.61. The largest absolute Gasteiger partial charge is 0.453 e. The molecule has 1 saturated carbocycles. The van der Waals surface area contributed by atoms with Crippen LogP contribution in [0.3, 0.4) is 0 Å². The molecule has 2 N–H and O–H groups in total. The monoisotopic (exact) mass is 402 g/mol. The molecule has 2 aromatic rings. The minimum absolute atomic E-state index is 0.233. The number of rotatable bonds is 8. The number of hydrogen-bond acceptors (Lipinski definition) is 6. The molecule has 0 aromatic carbocycles. The van der Waals surface area contributed by atoms with Crippen LogP contribution in [0.25, 0.3) is 0 Å². The molecule has 3 heterocycles. The van der Waals surface area contributed by atoms with Gasteiger partial charge in [0.05, 0.1) is 12.1 Å². The van der Waals surface area contributed by atoms with Crippen molar-refractivity contribution in [2.45, 2.75) is 44.6 Å². The fourth-order valence-electron chi connectivity index (χ4n) is 4.71. The van der Waals surface area contributed by atoms with Gasteiger partial charge in [-0.1, -0.05) is 0 Å². The summed E-state index contributed by atoms with van der Waals surface area (Å²) in [5, 5.41) is 17.8. The van der Waals surface area contributed by atoms with Gasteiger partial charge in [0.15, 0.2) is 5.76 Å². The van der Waals surface area contributed by atoms with E-state index in [1.54, 1.807) is 25.4 Å². The molecule has 0 spiro atoms. The molecule has 2 aliphatic rings. The van der Waals surface area contributed by atoms with Gasteiger partial charge in [-0.25, -0.2) is 0 Å². The number of aliphatic hydroxyl groups is 1. The number of aryl methyl sites for hydroxylation is 1. The van der Waals surface area contributed by atoms with Crippen molar-refractivity contribution in [3.63, 3.8) is 0 Å². The Hall–Kier alpha value is -2.16. The van der Waals surface area contributed by atoms with Crippen LogP contribution in [0.5, 0.6) is 0 Å². The Morgan fingerprint density at radius 1 is 1.31 bits per heavy atom. The molecular weight excluding hydrogens is 372 g/mol. The zero-order valence-electron chi connectivity index (χ0n) is 16.9. The molecule has 8 nitrogen and oxygen atoms in total. The van der Waals surface area contributed by atoms with E-state index >= 15 is 0 Å². The molecule has 8 heteroatoms. The van der Waals surface area contributed by atoms with Gasteiger partial charge >= 0.3 is 0 Å². The lowest BCUT2D eigenvalue weighted by Crippen LogP contribution is -2.49. The van der Waals surface area contributed by atoms with E-state index in [2.05, 4.69) is 15.3 Å². The van der Waals surface area contributed by atoms with Crippen LogP contribution in [-0.4, -0.2) is 64.6 Å². The first kappa shape index (κ1) is 20.1. The lowest BCUT2D eigenvalue weighted by molar-refractivity contribution is 0.0450. The summed E-state index contributed by atoms with van der Waals surface area (Å²) < 4.78 is 12.5. The molecule has 1 aliphatic carbocycles. The van der Waals surface area contributed by atoms with E-state index in [1.165, 1.54) is 0 Å². The van der Waals surface area contributed by atoms with E-state index in [9.17, 15) is 9.90 Å². The van der Waals surface area contributed by atoms with Gasteiger partial charge in [-0.2, -0.15) is 5.10 Å². The molecule has 2 fully saturated rings. The fourth-order valence-corrected chi connectivity index (χ4v) is 4.71. The molecule has 4 atom stereocenters. The SMILES string of the molecule is COCc1ccc(C(=O)N[C@H]2C[C@H]3CN(CCCn4cccn4)C[C@H]3C[C@@H]2O)o1. The zero-order valence-corrected chi connectivity index (χ0v) is 16.9. The van der Waals surface area contributed by atoms with Gasteiger partial charge in [0.25, 0.3) is 5.91 Å². The maximum Gasteiger partial charge on any atom is 0.287 e. The van der Waals surface area contributed by atoms with Crippen LogP contribution in [0, 0.1) is 11.8 Å². The Balaban J connectivity index is 1.26. The number of ether oxygens (including phenoxy) is 1. The van der Waals surface area contributed by atoms with Crippen LogP contribution in [-0.2, 0) is 17.9 Å². The summed E-state index contributed by atoms with van der Waals surface area (Å²) in [7, 11) is 1.58. The minimum atomic E-state index is -0.516. The number of methoxy groups -OCH3 is 1. The van der Waals surface area contributed by atoms with E-state index in [1.807, 2.05) is 16.9 Å². The second-order valence-corrected chi connectivity index (χ2v) is 8.22. The van der Waals surface area contributed by atoms with Gasteiger partial charge in [-0.05, 0) is 55.8 Å². The van der Waals surface area contributed by atoms with Crippen molar-refractivity contribution in [2.75, 3.05) is 26.7 Å². The zero-order chi connectivity index (χ0) is 20.2. The van der Waals surface area contributed by atoms with Crippen molar-refractivity contribution in [2.24, 2.45) is 11.8 Å². The molecule has 1 aliphatic heterocycles. The number of aromatic nitrogens is 2. The first-order valence-electron chi connectivity index (χ1n) is 10.4. The summed E-state index contributed by atoms with van der Waals surface area (Å²) in [6, 6.07) is 5.10. The number of carbonyl (C=O) groups excluding carboxylic acids is 1. The van der Waals surface area contributed by atoms with Gasteiger partial charge in [-0.15, -0.1) is 0 Å². The summed E-state index contributed by atoms with van der Waals surface area (Å²) in [6.45, 7) is 4.35. The highest BCUT2D eigenvalue weighted by molar-refractivity contribution is 5.91. The topological polar surface area (TPSA) is 92.8 Å². The molecule has 158 valence electrons. The van der Waals surface area contributed by atoms with E-state index in [-0.39, 0.29) is 17.7 Å². The van der Waals surface area contributed by atoms with Crippen molar-refractivity contribution in [1.82, 2.24) is 20.0 Å². The Bertz CT molecular complexity index is 790. The maximum atomic E-state index is 12.5. The van der Waals surface area contributed by atoms with Crippen molar-refractivity contribution >= 4 is 5.91 Å². The van der Waals surface area contributed by atoms with E-state index in [0.29, 0.717) is 24.2 Å². The van der Waals surface area contributed by atoms with Crippen LogP contribution < -0.4 is 5.32 Å². The standard InChI is InChI=1S/C21H30N4O4/c1-28-14-17-4-5-20(29-17)21(27)23-18-10-15-12-24(13-16(15)11-19(18)26)7-3-9-25-8-2-6-22-25/h2,4-6,8,15-16,18-19,26H,3,7,9-14H2,1H3,(H,23,27)/t15-,16+,18-,19-/m0/s1. The first-order chi connectivity index (χ1) is 14.1. The highest BCUT2D eigenvalue weighted by Crippen LogP contribution is 2.36. The third kappa shape index (κ3) is 4.88. The van der Waals surface area contributed by atoms with Crippen molar-refractivity contribution in [1.29, 1.82) is 0 Å². The Morgan fingerprint density at radius 3 is 2.90 bits per heavy atom. The Morgan fingerprint density at radius 2 is 2.14 bits per heavy atom. The molecule has 0 bridgehead atoms. The van der Waals surface area contributed by atoms with Gasteiger partial charge < -0.3 is 24.5 Å². The number of aliphatic hydroxyl groups excluding tert-OH is 1. The maximum absolute atomic E-state index is 12.5. The Labute approximate surface area is 170 Å². The number of nitrogens with one attached hydrogen (secondary N) is 1. The summed E-state index contributed by atoms with van der Waals surface area (Å²) in [4.78, 5) is 15.0. The third-order valence-corrected chi connectivity index (χ3v) is 6.13. The highest BCUT2D eigenvalue weighted by Gasteiger charge is 2.42. The number of likely N-dealkylation sites (tertiary alicyclic amines) is 1. The summed E-state index contributed by atoms with van der Waals surface area (Å²) in [5.41, 5.74) is 0. The number of fused-ring (bicyclic) bond motifs is 1. The van der Waals surface area contributed by atoms with Crippen LogP contribution in [0.4, 0.5) is 0 Å². The highest BCUT2D eigenvalue weighted by atomic mass is 16.5. The fraction of sp³-hybridized carbons (Fsp3) is 0.619. The molecule has 29 heavy (non-hydrogen) atoms. The van der Waals surface area contributed by atoms with Gasteiger partial charge in [0.1, 0.15) is 12.4 Å². The van der Waals surface area contributed by atoms with Crippen LogP contribution in [0.1, 0.15) is 35.6 Å². The number of nitrogens with zero attached hydrogens (tertiary/aromatic N) is 3. The molecular formula is C21H30N4O4. The molecule has 1 saturated heterocycles. The Kier molecular flexibility index (Phi) is 6.32.